The summed E-state index contributed by atoms with van der Waals surface area (Å²) in [6.45, 7) is 2.08. The summed E-state index contributed by atoms with van der Waals surface area (Å²) < 4.78 is 26.3. The van der Waals surface area contributed by atoms with Gasteiger partial charge in [0.25, 0.3) is 0 Å². The number of unbranched alkanes of at least 4 members (excludes halogenated alkanes) is 5. The van der Waals surface area contributed by atoms with E-state index in [2.05, 4.69) is 94.2 Å². The largest absolute Gasteiger partial charge is 0.480 e. The van der Waals surface area contributed by atoms with E-state index in [4.69, 9.17) is 4.74 Å². The highest BCUT2D eigenvalue weighted by molar-refractivity contribution is 7.47. The molecule has 0 heterocycles. The molecule has 0 aromatic rings. The molecule has 278 valence electrons. The van der Waals surface area contributed by atoms with Crippen LogP contribution in [0.3, 0.4) is 0 Å². The Morgan fingerprint density at radius 3 is 1.71 bits per heavy atom. The lowest BCUT2D eigenvalue weighted by Crippen LogP contribution is -2.43. The molecule has 3 unspecified atom stereocenters. The van der Waals surface area contributed by atoms with Crippen LogP contribution in [0.2, 0.25) is 0 Å². The van der Waals surface area contributed by atoms with Crippen molar-refractivity contribution in [3.63, 3.8) is 0 Å². The highest BCUT2D eigenvalue weighted by Gasteiger charge is 2.28. The molecule has 3 atom stereocenters. The average Bonchev–Trinajstić information content (AvgIpc) is 3.07. The lowest BCUT2D eigenvalue weighted by Gasteiger charge is -2.18. The summed E-state index contributed by atoms with van der Waals surface area (Å²) in [5.41, 5.74) is 0. The van der Waals surface area contributed by atoms with Gasteiger partial charge in [-0.1, -0.05) is 106 Å². The zero-order valence-electron chi connectivity index (χ0n) is 29.5. The van der Waals surface area contributed by atoms with Gasteiger partial charge < -0.3 is 25.2 Å². The van der Waals surface area contributed by atoms with Crippen LogP contribution >= 0.6 is 7.82 Å². The zero-order chi connectivity index (χ0) is 36.4. The van der Waals surface area contributed by atoms with Crippen molar-refractivity contribution in [3.8, 4) is 0 Å². The number of nitrogens with one attached hydrogen (secondary N) is 1. The van der Waals surface area contributed by atoms with Crippen molar-refractivity contribution in [2.45, 2.75) is 122 Å². The molecule has 0 fully saturated rings. The fourth-order valence-corrected chi connectivity index (χ4v) is 4.77. The second-order valence-electron chi connectivity index (χ2n) is 11.3. The molecule has 0 aliphatic rings. The van der Waals surface area contributed by atoms with Crippen molar-refractivity contribution in [1.29, 1.82) is 0 Å². The number of aliphatic carboxylic acids is 1. The molecule has 0 rings (SSSR count). The van der Waals surface area contributed by atoms with Crippen LogP contribution in [0.1, 0.15) is 110 Å². The molecule has 0 spiro atoms. The molecule has 11 nitrogen and oxygen atoms in total. The number of phosphoric ester groups is 1. The molecule has 0 aliphatic carbocycles. The maximum atomic E-state index is 12.0. The summed E-state index contributed by atoms with van der Waals surface area (Å²) in [5, 5.41) is 21.3. The smallest absolute Gasteiger partial charge is 0.472 e. The van der Waals surface area contributed by atoms with Crippen LogP contribution in [0.5, 0.6) is 0 Å². The van der Waals surface area contributed by atoms with Gasteiger partial charge in [-0.2, -0.15) is 0 Å². The van der Waals surface area contributed by atoms with E-state index in [0.717, 1.165) is 70.6 Å². The van der Waals surface area contributed by atoms with Gasteiger partial charge in [0.1, 0.15) is 12.7 Å². The fraction of sp³-hybridized carbons (Fsp3) is 0.595. The van der Waals surface area contributed by atoms with Gasteiger partial charge in [-0.15, -0.1) is 0 Å². The third-order valence-electron chi connectivity index (χ3n) is 6.76. The minimum absolute atomic E-state index is 0.115. The number of hydrogen-bond acceptors (Lipinski definition) is 8. The van der Waals surface area contributed by atoms with Crippen molar-refractivity contribution in [1.82, 2.24) is 5.32 Å². The molecule has 0 radical (unpaired) electrons. The van der Waals surface area contributed by atoms with E-state index in [-0.39, 0.29) is 12.8 Å². The number of aliphatic hydroxyl groups is 1. The molecule has 0 saturated carbocycles. The maximum absolute atomic E-state index is 12.0. The third kappa shape index (κ3) is 31.9. The van der Waals surface area contributed by atoms with E-state index in [1.54, 1.807) is 0 Å². The SMILES string of the molecule is CC/C=C\C/C=C\C/C=C\C/C=C\C/C=C\C/C=C\CCCCCCC(=O)OCC(O)COP(=O)(O)OCC(NC(=O)CCCC)C(=O)O. The first kappa shape index (κ1) is 45.9. The number of hydrogen-bond donors (Lipinski definition) is 4. The molecule has 0 saturated heterocycles. The van der Waals surface area contributed by atoms with E-state index >= 15 is 0 Å². The summed E-state index contributed by atoms with van der Waals surface area (Å²) in [6, 6.07) is -1.55. The lowest BCUT2D eigenvalue weighted by atomic mass is 10.1. The lowest BCUT2D eigenvalue weighted by molar-refractivity contribution is -0.147. The number of ether oxygens (including phenoxy) is 1. The van der Waals surface area contributed by atoms with E-state index in [9.17, 15) is 34.1 Å². The highest BCUT2D eigenvalue weighted by Crippen LogP contribution is 2.43. The van der Waals surface area contributed by atoms with Crippen molar-refractivity contribution >= 4 is 25.7 Å². The Labute approximate surface area is 293 Å². The number of carbonyl (C=O) groups excluding carboxylic acids is 2. The van der Waals surface area contributed by atoms with Gasteiger partial charge in [0.05, 0.1) is 13.2 Å². The summed E-state index contributed by atoms with van der Waals surface area (Å²) in [5.74, 6) is -2.46. The second kappa shape index (κ2) is 32.1. The van der Waals surface area contributed by atoms with Gasteiger partial charge in [-0.25, -0.2) is 9.36 Å². The Hall–Kier alpha value is -3.08. The number of esters is 1. The van der Waals surface area contributed by atoms with Crippen LogP contribution in [0.4, 0.5) is 0 Å². The first-order valence-electron chi connectivity index (χ1n) is 17.5. The molecule has 1 amide bonds. The molecule has 12 heteroatoms. The Bertz CT molecular complexity index is 1110. The van der Waals surface area contributed by atoms with Crippen LogP contribution in [-0.2, 0) is 32.7 Å². The number of carboxylic acids is 1. The van der Waals surface area contributed by atoms with Gasteiger partial charge in [0.2, 0.25) is 5.91 Å². The van der Waals surface area contributed by atoms with Crippen LogP contribution in [0.25, 0.3) is 0 Å². The van der Waals surface area contributed by atoms with Crippen LogP contribution < -0.4 is 5.32 Å². The van der Waals surface area contributed by atoms with E-state index in [0.29, 0.717) is 12.8 Å². The number of aliphatic hydroxyl groups excluding tert-OH is 1. The molecular weight excluding hydrogens is 649 g/mol. The molecule has 0 aromatic heterocycles. The molecular formula is C37H60NO10P. The van der Waals surface area contributed by atoms with Gasteiger partial charge in [-0.05, 0) is 64.2 Å². The molecule has 49 heavy (non-hydrogen) atoms. The van der Waals surface area contributed by atoms with E-state index < -0.39 is 57.6 Å². The number of carboxylic acid groups (broad SMARTS) is 1. The van der Waals surface area contributed by atoms with Crippen LogP contribution in [-0.4, -0.2) is 64.9 Å². The van der Waals surface area contributed by atoms with Gasteiger partial charge in [0, 0.05) is 12.8 Å². The summed E-state index contributed by atoms with van der Waals surface area (Å²) in [4.78, 5) is 44.7. The number of carbonyl (C=O) groups is 3. The van der Waals surface area contributed by atoms with E-state index in [1.807, 2.05) is 6.92 Å². The molecule has 0 bridgehead atoms. The second-order valence-corrected chi connectivity index (χ2v) is 12.8. The van der Waals surface area contributed by atoms with Crippen molar-refractivity contribution in [2.24, 2.45) is 0 Å². The predicted molar refractivity (Wildman–Crippen MR) is 194 cm³/mol. The number of phosphoric acid groups is 1. The van der Waals surface area contributed by atoms with E-state index in [1.165, 1.54) is 0 Å². The van der Waals surface area contributed by atoms with Gasteiger partial charge >= 0.3 is 19.8 Å². The van der Waals surface area contributed by atoms with Crippen LogP contribution in [0, 0.1) is 0 Å². The molecule has 4 N–H and O–H groups in total. The first-order valence-corrected chi connectivity index (χ1v) is 19.0. The minimum atomic E-state index is -4.73. The molecule has 0 aliphatic heterocycles. The Balaban J connectivity index is 3.87. The monoisotopic (exact) mass is 709 g/mol. The Kier molecular flexibility index (Phi) is 30.1. The number of amides is 1. The quantitative estimate of drug-likeness (QED) is 0.0241. The standard InChI is InChI=1S/C37H60NO10P/c1-3-5-7-8-9-10-11-12-13-14-15-16-17-18-19-20-21-22-23-24-25-26-27-29-36(41)46-30-33(39)31-47-49(44,45)48-32-34(37(42)43)38-35(40)28-6-4-2/h5,7,9-10,12-13,15-16,18-19,21-22,33-34,39H,3-4,6,8,11,14,17,20,23-32H2,1-2H3,(H,38,40)(H,42,43)(H,44,45)/b7-5-,10-9-,13-12-,16-15-,19-18-,22-21-. The summed E-state index contributed by atoms with van der Waals surface area (Å²) in [7, 11) is -4.73. The van der Waals surface area contributed by atoms with Gasteiger partial charge in [-0.3, -0.25) is 18.6 Å². The normalized spacial score (nSPS) is 14.9. The molecule has 0 aromatic carbocycles. The predicted octanol–water partition coefficient (Wildman–Crippen LogP) is 7.82. The number of allylic oxidation sites excluding steroid dienone is 12. The zero-order valence-corrected chi connectivity index (χ0v) is 30.4. The first-order chi connectivity index (χ1) is 23.6. The topological polar surface area (TPSA) is 169 Å². The highest BCUT2D eigenvalue weighted by atomic mass is 31.2. The van der Waals surface area contributed by atoms with Gasteiger partial charge in [0.15, 0.2) is 6.04 Å². The minimum Gasteiger partial charge on any atom is -0.480 e. The average molecular weight is 710 g/mol. The fourth-order valence-electron chi connectivity index (χ4n) is 4.00. The van der Waals surface area contributed by atoms with Crippen molar-refractivity contribution in [3.05, 3.63) is 72.9 Å². The third-order valence-corrected chi connectivity index (χ3v) is 7.71. The van der Waals surface area contributed by atoms with Crippen molar-refractivity contribution < 1.29 is 47.8 Å². The Morgan fingerprint density at radius 2 is 1.18 bits per heavy atom. The maximum Gasteiger partial charge on any atom is 0.472 e. The summed E-state index contributed by atoms with van der Waals surface area (Å²) >= 11 is 0. The van der Waals surface area contributed by atoms with Crippen LogP contribution in [0.15, 0.2) is 72.9 Å². The summed E-state index contributed by atoms with van der Waals surface area (Å²) in [6.07, 6.45) is 36.7. The van der Waals surface area contributed by atoms with Crippen molar-refractivity contribution in [2.75, 3.05) is 19.8 Å². The Morgan fingerprint density at radius 1 is 0.673 bits per heavy atom. The number of rotatable bonds is 31.